The van der Waals surface area contributed by atoms with Gasteiger partial charge >= 0.3 is 0 Å². The van der Waals surface area contributed by atoms with E-state index in [0.29, 0.717) is 19.4 Å². The van der Waals surface area contributed by atoms with Crippen molar-refractivity contribution in [3.63, 3.8) is 0 Å². The zero-order valence-corrected chi connectivity index (χ0v) is 8.01. The molecule has 1 amide bonds. The summed E-state index contributed by atoms with van der Waals surface area (Å²) < 4.78 is 28.8. The molecule has 0 aliphatic rings. The van der Waals surface area contributed by atoms with Gasteiger partial charge in [-0.2, -0.15) is 8.42 Å². The molecule has 13 heavy (non-hydrogen) atoms. The van der Waals surface area contributed by atoms with Crippen molar-refractivity contribution in [1.29, 1.82) is 0 Å². The Morgan fingerprint density at radius 1 is 1.46 bits per heavy atom. The fraction of sp³-hybridized carbons (Fsp3) is 0.571. The van der Waals surface area contributed by atoms with Crippen molar-refractivity contribution < 1.29 is 17.8 Å². The van der Waals surface area contributed by atoms with Crippen LogP contribution >= 0.6 is 0 Å². The highest BCUT2D eigenvalue weighted by Gasteiger charge is 2.02. The second-order valence-electron chi connectivity index (χ2n) is 2.49. The highest BCUT2D eigenvalue weighted by molar-refractivity contribution is 7.85. The van der Waals surface area contributed by atoms with Gasteiger partial charge in [-0.25, -0.2) is 0 Å². The summed E-state index contributed by atoms with van der Waals surface area (Å²) in [7, 11) is -3.86. The van der Waals surface area contributed by atoms with E-state index in [1.54, 1.807) is 0 Å². The standard InChI is InChI=1S/C7H13NO4S/c1-2-7(9)8-5-3-4-6-13(10,11)12/h2H,1,3-6H2,(H,8,9)(H,10,11,12). The molecule has 2 N–H and O–H groups in total. The van der Waals surface area contributed by atoms with E-state index in [1.165, 1.54) is 0 Å². The summed E-state index contributed by atoms with van der Waals surface area (Å²) in [6.07, 6.45) is 1.98. The molecule has 5 nitrogen and oxygen atoms in total. The average molecular weight is 207 g/mol. The first-order chi connectivity index (χ1) is 5.95. The first kappa shape index (κ1) is 12.1. The van der Waals surface area contributed by atoms with Crippen molar-refractivity contribution in [2.45, 2.75) is 12.8 Å². The molecule has 0 saturated heterocycles. The van der Waals surface area contributed by atoms with Crippen LogP contribution in [0.1, 0.15) is 12.8 Å². The first-order valence-electron chi connectivity index (χ1n) is 3.81. The van der Waals surface area contributed by atoms with E-state index in [-0.39, 0.29) is 11.7 Å². The second kappa shape index (κ2) is 5.71. The van der Waals surface area contributed by atoms with Gasteiger partial charge in [0.2, 0.25) is 5.91 Å². The summed E-state index contributed by atoms with van der Waals surface area (Å²) in [5, 5.41) is 2.49. The van der Waals surface area contributed by atoms with Gasteiger partial charge in [-0.05, 0) is 18.9 Å². The minimum atomic E-state index is -3.86. The molecule has 0 saturated carbocycles. The van der Waals surface area contributed by atoms with Crippen molar-refractivity contribution in [2.24, 2.45) is 0 Å². The van der Waals surface area contributed by atoms with Gasteiger partial charge in [-0.15, -0.1) is 0 Å². The van der Waals surface area contributed by atoms with Gasteiger partial charge in [-0.3, -0.25) is 9.35 Å². The van der Waals surface area contributed by atoms with Crippen molar-refractivity contribution in [1.82, 2.24) is 5.32 Å². The predicted molar refractivity (Wildman–Crippen MR) is 48.9 cm³/mol. The van der Waals surface area contributed by atoms with Crippen LogP contribution in [0.2, 0.25) is 0 Å². The average Bonchev–Trinajstić information content (AvgIpc) is 2.01. The molecule has 0 rings (SSSR count). The highest BCUT2D eigenvalue weighted by Crippen LogP contribution is 1.92. The summed E-state index contributed by atoms with van der Waals surface area (Å²) in [6.45, 7) is 3.64. The third kappa shape index (κ3) is 9.03. The van der Waals surface area contributed by atoms with Crippen LogP contribution in [0.5, 0.6) is 0 Å². The Kier molecular flexibility index (Phi) is 5.33. The maximum Gasteiger partial charge on any atom is 0.264 e. The fourth-order valence-corrected chi connectivity index (χ4v) is 1.26. The van der Waals surface area contributed by atoms with E-state index >= 15 is 0 Å². The van der Waals surface area contributed by atoms with Crippen LogP contribution in [0, 0.1) is 0 Å². The molecule has 0 unspecified atom stereocenters. The summed E-state index contributed by atoms with van der Waals surface area (Å²) in [6, 6.07) is 0. The van der Waals surface area contributed by atoms with Gasteiger partial charge in [0.05, 0.1) is 5.75 Å². The number of hydrogen-bond acceptors (Lipinski definition) is 3. The lowest BCUT2D eigenvalue weighted by Gasteiger charge is -2.00. The molecule has 0 bridgehead atoms. The molecular formula is C7H13NO4S. The van der Waals surface area contributed by atoms with E-state index in [4.69, 9.17) is 4.55 Å². The topological polar surface area (TPSA) is 83.5 Å². The van der Waals surface area contributed by atoms with Crippen LogP contribution in [0.3, 0.4) is 0 Å². The highest BCUT2D eigenvalue weighted by atomic mass is 32.2. The van der Waals surface area contributed by atoms with E-state index in [1.807, 2.05) is 0 Å². The van der Waals surface area contributed by atoms with Crippen LogP contribution in [-0.4, -0.2) is 31.2 Å². The van der Waals surface area contributed by atoms with Crippen molar-refractivity contribution in [2.75, 3.05) is 12.3 Å². The number of carbonyl (C=O) groups excluding carboxylic acids is 1. The third-order valence-corrected chi connectivity index (χ3v) is 2.12. The smallest absolute Gasteiger partial charge is 0.264 e. The molecule has 0 atom stereocenters. The van der Waals surface area contributed by atoms with Gasteiger partial charge < -0.3 is 5.32 Å². The molecule has 0 spiro atoms. The lowest BCUT2D eigenvalue weighted by Crippen LogP contribution is -2.22. The summed E-state index contributed by atoms with van der Waals surface area (Å²) in [4.78, 5) is 10.6. The van der Waals surface area contributed by atoms with Gasteiger partial charge in [0.25, 0.3) is 10.1 Å². The van der Waals surface area contributed by atoms with E-state index in [0.717, 1.165) is 6.08 Å². The lowest BCUT2D eigenvalue weighted by molar-refractivity contribution is -0.116. The Bertz CT molecular complexity index is 270. The number of rotatable bonds is 6. The Morgan fingerprint density at radius 3 is 2.54 bits per heavy atom. The number of carbonyl (C=O) groups is 1. The minimum Gasteiger partial charge on any atom is -0.353 e. The molecule has 76 valence electrons. The quantitative estimate of drug-likeness (QED) is 0.363. The second-order valence-corrected chi connectivity index (χ2v) is 4.06. The summed E-state index contributed by atoms with van der Waals surface area (Å²) >= 11 is 0. The summed E-state index contributed by atoms with van der Waals surface area (Å²) in [5.74, 6) is -0.552. The SMILES string of the molecule is C=CC(=O)NCCCCS(=O)(=O)O. The van der Waals surface area contributed by atoms with Gasteiger partial charge in [-0.1, -0.05) is 6.58 Å². The fourth-order valence-electron chi connectivity index (χ4n) is 0.693. The molecule has 6 heteroatoms. The molecule has 0 aliphatic carbocycles. The van der Waals surface area contributed by atoms with Crippen LogP contribution in [0.25, 0.3) is 0 Å². The van der Waals surface area contributed by atoms with Crippen LogP contribution < -0.4 is 5.32 Å². The maximum absolute atomic E-state index is 10.6. The van der Waals surface area contributed by atoms with Crippen molar-refractivity contribution in [3.8, 4) is 0 Å². The van der Waals surface area contributed by atoms with E-state index in [9.17, 15) is 13.2 Å². The molecule has 0 fully saturated rings. The first-order valence-corrected chi connectivity index (χ1v) is 5.42. The number of amides is 1. The number of unbranched alkanes of at least 4 members (excludes halogenated alkanes) is 1. The molecule has 0 radical (unpaired) electrons. The number of hydrogen-bond donors (Lipinski definition) is 2. The molecule has 0 aromatic heterocycles. The zero-order valence-electron chi connectivity index (χ0n) is 7.19. The van der Waals surface area contributed by atoms with Crippen molar-refractivity contribution >= 4 is 16.0 Å². The minimum absolute atomic E-state index is 0.267. The Hall–Kier alpha value is -0.880. The Morgan fingerprint density at radius 2 is 2.08 bits per heavy atom. The zero-order chi connectivity index (χ0) is 10.3. The number of nitrogens with one attached hydrogen (secondary N) is 1. The van der Waals surface area contributed by atoms with Gasteiger partial charge in [0, 0.05) is 6.54 Å². The maximum atomic E-state index is 10.6. The van der Waals surface area contributed by atoms with Gasteiger partial charge in [0.15, 0.2) is 0 Å². The molecule has 0 aromatic rings. The summed E-state index contributed by atoms with van der Waals surface area (Å²) in [5.41, 5.74) is 0. The van der Waals surface area contributed by atoms with Gasteiger partial charge in [0.1, 0.15) is 0 Å². The van der Waals surface area contributed by atoms with Crippen LogP contribution in [-0.2, 0) is 14.9 Å². The van der Waals surface area contributed by atoms with Crippen LogP contribution in [0.15, 0.2) is 12.7 Å². The van der Waals surface area contributed by atoms with E-state index < -0.39 is 10.1 Å². The Labute approximate surface area is 77.6 Å². The van der Waals surface area contributed by atoms with Crippen LogP contribution in [0.4, 0.5) is 0 Å². The van der Waals surface area contributed by atoms with E-state index in [2.05, 4.69) is 11.9 Å². The predicted octanol–water partition coefficient (Wildman–Crippen LogP) is -0.0434. The van der Waals surface area contributed by atoms with Crippen molar-refractivity contribution in [3.05, 3.63) is 12.7 Å². The Balaban J connectivity index is 3.38. The third-order valence-electron chi connectivity index (χ3n) is 1.31. The molecule has 0 heterocycles. The molecule has 0 aliphatic heterocycles. The monoisotopic (exact) mass is 207 g/mol. The normalized spacial score (nSPS) is 10.8. The molecule has 0 aromatic carbocycles. The molecular weight excluding hydrogens is 194 g/mol. The largest absolute Gasteiger partial charge is 0.353 e. The lowest BCUT2D eigenvalue weighted by atomic mass is 10.3.